The van der Waals surface area contributed by atoms with E-state index in [9.17, 15) is 14.9 Å². The van der Waals surface area contributed by atoms with Gasteiger partial charge in [-0.1, -0.05) is 0 Å². The lowest BCUT2D eigenvalue weighted by Crippen LogP contribution is -2.17. The van der Waals surface area contributed by atoms with E-state index in [2.05, 4.69) is 10.5 Å². The molecule has 8 heteroatoms. The molecule has 2 aromatic rings. The third-order valence-electron chi connectivity index (χ3n) is 3.13. The average molecular weight is 329 g/mol. The van der Waals surface area contributed by atoms with Crippen LogP contribution in [0.25, 0.3) is 0 Å². The molecule has 0 saturated carbocycles. The smallest absolute Gasteiger partial charge is 0.311 e. The van der Waals surface area contributed by atoms with Crippen molar-refractivity contribution in [1.29, 1.82) is 0 Å². The lowest BCUT2D eigenvalue weighted by molar-refractivity contribution is -0.385. The SMILES string of the molecule is COc1ccc(C(=O)N/N=C\c2ccc(OC)c([N+](=O)[O-])c2)cc1. The highest BCUT2D eigenvalue weighted by Gasteiger charge is 2.14. The van der Waals surface area contributed by atoms with Crippen LogP contribution < -0.4 is 14.9 Å². The van der Waals surface area contributed by atoms with E-state index in [1.807, 2.05) is 0 Å². The van der Waals surface area contributed by atoms with E-state index in [4.69, 9.17) is 9.47 Å². The number of hydrogen-bond donors (Lipinski definition) is 1. The highest BCUT2D eigenvalue weighted by Crippen LogP contribution is 2.26. The molecule has 0 bridgehead atoms. The number of nitro benzene ring substituents is 1. The summed E-state index contributed by atoms with van der Waals surface area (Å²) in [6.45, 7) is 0. The highest BCUT2D eigenvalue weighted by atomic mass is 16.6. The Bertz CT molecular complexity index is 772. The van der Waals surface area contributed by atoms with Gasteiger partial charge in [0, 0.05) is 17.2 Å². The molecular weight excluding hydrogens is 314 g/mol. The molecule has 0 aliphatic carbocycles. The zero-order chi connectivity index (χ0) is 17.5. The molecule has 0 unspecified atom stereocenters. The zero-order valence-electron chi connectivity index (χ0n) is 13.1. The summed E-state index contributed by atoms with van der Waals surface area (Å²) in [6, 6.07) is 10.9. The van der Waals surface area contributed by atoms with Crippen LogP contribution in [0.4, 0.5) is 5.69 Å². The summed E-state index contributed by atoms with van der Waals surface area (Å²) in [6.07, 6.45) is 1.31. The summed E-state index contributed by atoms with van der Waals surface area (Å²) in [5.41, 5.74) is 3.04. The second-order valence-corrected chi connectivity index (χ2v) is 4.62. The largest absolute Gasteiger partial charge is 0.497 e. The number of hydrazone groups is 1. The van der Waals surface area contributed by atoms with E-state index < -0.39 is 10.8 Å². The number of carbonyl (C=O) groups excluding carboxylic acids is 1. The van der Waals surface area contributed by atoms with Gasteiger partial charge in [0.25, 0.3) is 5.91 Å². The van der Waals surface area contributed by atoms with Crippen molar-refractivity contribution < 1.29 is 19.2 Å². The molecule has 8 nitrogen and oxygen atoms in total. The highest BCUT2D eigenvalue weighted by molar-refractivity contribution is 5.95. The van der Waals surface area contributed by atoms with Crippen molar-refractivity contribution in [2.75, 3.05) is 14.2 Å². The first-order chi connectivity index (χ1) is 11.5. The molecule has 0 aliphatic heterocycles. The van der Waals surface area contributed by atoms with Crippen LogP contribution in [0.3, 0.4) is 0 Å². The number of hydrogen-bond acceptors (Lipinski definition) is 6. The maximum atomic E-state index is 11.9. The minimum atomic E-state index is -0.549. The topological polar surface area (TPSA) is 103 Å². The molecule has 0 saturated heterocycles. The summed E-state index contributed by atoms with van der Waals surface area (Å²) in [5, 5.41) is 14.8. The van der Waals surface area contributed by atoms with E-state index >= 15 is 0 Å². The Morgan fingerprint density at radius 2 is 1.88 bits per heavy atom. The van der Waals surface area contributed by atoms with Crippen LogP contribution in [0.1, 0.15) is 15.9 Å². The molecule has 0 heterocycles. The number of amides is 1. The summed E-state index contributed by atoms with van der Waals surface area (Å²) in [7, 11) is 2.89. The van der Waals surface area contributed by atoms with Gasteiger partial charge in [0.15, 0.2) is 5.75 Å². The summed E-state index contributed by atoms with van der Waals surface area (Å²) >= 11 is 0. The van der Waals surface area contributed by atoms with E-state index in [1.165, 1.54) is 32.6 Å². The van der Waals surface area contributed by atoms with Crippen LogP contribution in [0, 0.1) is 10.1 Å². The molecule has 0 aromatic heterocycles. The van der Waals surface area contributed by atoms with Gasteiger partial charge in [-0.3, -0.25) is 14.9 Å². The predicted octanol–water partition coefficient (Wildman–Crippen LogP) is 2.38. The Labute approximate surface area is 137 Å². The summed E-state index contributed by atoms with van der Waals surface area (Å²) < 4.78 is 9.93. The lowest BCUT2D eigenvalue weighted by atomic mass is 10.2. The lowest BCUT2D eigenvalue weighted by Gasteiger charge is -2.03. The molecule has 24 heavy (non-hydrogen) atoms. The van der Waals surface area contributed by atoms with Crippen molar-refractivity contribution >= 4 is 17.8 Å². The van der Waals surface area contributed by atoms with Gasteiger partial charge in [-0.05, 0) is 36.4 Å². The molecular formula is C16H15N3O5. The maximum Gasteiger partial charge on any atom is 0.311 e. The second kappa shape index (κ2) is 7.73. The first-order valence-corrected chi connectivity index (χ1v) is 6.85. The third-order valence-corrected chi connectivity index (χ3v) is 3.13. The molecule has 1 amide bonds. The van der Waals surface area contributed by atoms with Gasteiger partial charge in [0.05, 0.1) is 25.4 Å². The zero-order valence-corrected chi connectivity index (χ0v) is 13.1. The standard InChI is InChI=1S/C16H15N3O5/c1-23-13-6-4-12(5-7-13)16(20)18-17-10-11-3-8-15(24-2)14(9-11)19(21)22/h3-10H,1-2H3,(H,18,20)/b17-10-. The quantitative estimate of drug-likeness (QED) is 0.498. The second-order valence-electron chi connectivity index (χ2n) is 4.62. The van der Waals surface area contributed by atoms with E-state index in [0.717, 1.165) is 0 Å². The summed E-state index contributed by atoms with van der Waals surface area (Å²) in [4.78, 5) is 22.3. The Balaban J connectivity index is 2.06. The van der Waals surface area contributed by atoms with Gasteiger partial charge in [0.1, 0.15) is 5.75 Å². The van der Waals surface area contributed by atoms with Crippen molar-refractivity contribution in [3.63, 3.8) is 0 Å². The van der Waals surface area contributed by atoms with Crippen LogP contribution >= 0.6 is 0 Å². The van der Waals surface area contributed by atoms with Gasteiger partial charge >= 0.3 is 5.69 Å². The van der Waals surface area contributed by atoms with Crippen molar-refractivity contribution in [2.45, 2.75) is 0 Å². The Hall–Kier alpha value is -3.42. The number of carbonyl (C=O) groups is 1. The van der Waals surface area contributed by atoms with Gasteiger partial charge in [0.2, 0.25) is 0 Å². The normalized spacial score (nSPS) is 10.4. The molecule has 0 fully saturated rings. The first kappa shape index (κ1) is 16.9. The molecule has 124 valence electrons. The molecule has 2 rings (SSSR count). The van der Waals surface area contributed by atoms with Crippen molar-refractivity contribution in [3.05, 3.63) is 63.7 Å². The van der Waals surface area contributed by atoms with Gasteiger partial charge in [-0.25, -0.2) is 5.43 Å². The third kappa shape index (κ3) is 4.07. The van der Waals surface area contributed by atoms with Crippen molar-refractivity contribution in [2.24, 2.45) is 5.10 Å². The Morgan fingerprint density at radius 1 is 1.17 bits per heavy atom. The van der Waals surface area contributed by atoms with Crippen molar-refractivity contribution in [3.8, 4) is 11.5 Å². The van der Waals surface area contributed by atoms with E-state index in [-0.39, 0.29) is 11.4 Å². The molecule has 0 spiro atoms. The molecule has 1 N–H and O–H groups in total. The number of methoxy groups -OCH3 is 2. The Kier molecular flexibility index (Phi) is 5.45. The number of benzene rings is 2. The summed E-state index contributed by atoms with van der Waals surface area (Å²) in [5.74, 6) is 0.386. The monoisotopic (exact) mass is 329 g/mol. The molecule has 0 aliphatic rings. The number of nitrogens with one attached hydrogen (secondary N) is 1. The number of rotatable bonds is 6. The fraction of sp³-hybridized carbons (Fsp3) is 0.125. The minimum absolute atomic E-state index is 0.152. The van der Waals surface area contributed by atoms with Crippen LogP contribution in [0.15, 0.2) is 47.6 Å². The molecule has 0 radical (unpaired) electrons. The van der Waals surface area contributed by atoms with Crippen LogP contribution in [-0.2, 0) is 0 Å². The van der Waals surface area contributed by atoms with Gasteiger partial charge in [-0.15, -0.1) is 0 Å². The van der Waals surface area contributed by atoms with E-state index in [0.29, 0.717) is 16.9 Å². The predicted molar refractivity (Wildman–Crippen MR) is 87.7 cm³/mol. The maximum absolute atomic E-state index is 11.9. The van der Waals surface area contributed by atoms with Gasteiger partial charge < -0.3 is 9.47 Å². The van der Waals surface area contributed by atoms with E-state index in [1.54, 1.807) is 30.3 Å². The first-order valence-electron chi connectivity index (χ1n) is 6.85. The molecule has 2 aromatic carbocycles. The number of ether oxygens (including phenoxy) is 2. The van der Waals surface area contributed by atoms with Gasteiger partial charge in [-0.2, -0.15) is 5.10 Å². The van der Waals surface area contributed by atoms with Crippen LogP contribution in [-0.4, -0.2) is 31.3 Å². The minimum Gasteiger partial charge on any atom is -0.497 e. The van der Waals surface area contributed by atoms with Crippen LogP contribution in [0.5, 0.6) is 11.5 Å². The fourth-order valence-electron chi connectivity index (χ4n) is 1.90. The number of nitro groups is 1. The Morgan fingerprint density at radius 3 is 2.46 bits per heavy atom. The van der Waals surface area contributed by atoms with Crippen molar-refractivity contribution in [1.82, 2.24) is 5.43 Å². The fourth-order valence-corrected chi connectivity index (χ4v) is 1.90. The van der Waals surface area contributed by atoms with Crippen LogP contribution in [0.2, 0.25) is 0 Å². The average Bonchev–Trinajstić information content (AvgIpc) is 2.61. The molecule has 0 atom stereocenters. The number of nitrogens with zero attached hydrogens (tertiary/aromatic N) is 2.